The monoisotopic (exact) mass is 264 g/mol. The Morgan fingerprint density at radius 2 is 2.11 bits per heavy atom. The molecule has 0 aliphatic carbocycles. The molecule has 0 saturated carbocycles. The lowest BCUT2D eigenvalue weighted by Gasteiger charge is -2.20. The second-order valence-corrected chi connectivity index (χ2v) is 5.10. The average Bonchev–Trinajstić information content (AvgIpc) is 2.89. The number of carbonyl (C=O) groups excluding carboxylic acids is 1. The fourth-order valence-electron chi connectivity index (χ4n) is 2.39. The van der Waals surface area contributed by atoms with Gasteiger partial charge in [0.1, 0.15) is 5.75 Å². The molecule has 1 saturated heterocycles. The number of nitrogens with zero attached hydrogens (tertiary/aromatic N) is 1. The number of aromatic hydroxyl groups is 1. The number of carbonyl (C=O) groups is 1. The first-order valence-electron chi connectivity index (χ1n) is 6.53. The number of phenols is 1. The van der Waals surface area contributed by atoms with Crippen LogP contribution in [0.3, 0.4) is 0 Å². The van der Waals surface area contributed by atoms with Gasteiger partial charge in [0.05, 0.1) is 6.04 Å². The molecule has 5 nitrogen and oxygen atoms in total. The Bertz CT molecular complexity index is 433. The summed E-state index contributed by atoms with van der Waals surface area (Å²) in [6.45, 7) is 1.39. The van der Waals surface area contributed by atoms with Gasteiger partial charge in [0.25, 0.3) is 0 Å². The van der Waals surface area contributed by atoms with Crippen molar-refractivity contribution in [3.63, 3.8) is 0 Å². The molecule has 1 amide bonds. The molecule has 4 N–H and O–H groups in total. The number of benzene rings is 1. The van der Waals surface area contributed by atoms with Crippen LogP contribution in [0.15, 0.2) is 24.3 Å². The number of rotatable bonds is 4. The summed E-state index contributed by atoms with van der Waals surface area (Å²) < 4.78 is 0. The Morgan fingerprint density at radius 3 is 2.68 bits per heavy atom. The molecule has 1 aliphatic rings. The van der Waals surface area contributed by atoms with Gasteiger partial charge in [-0.25, -0.2) is 0 Å². The fourth-order valence-corrected chi connectivity index (χ4v) is 2.39. The van der Waals surface area contributed by atoms with E-state index < -0.39 is 6.04 Å². The van der Waals surface area contributed by atoms with Gasteiger partial charge < -0.3 is 20.8 Å². The molecule has 1 aliphatic heterocycles. The number of hydrogen-bond donors (Lipinski definition) is 3. The minimum Gasteiger partial charge on any atom is -0.508 e. The Hall–Kier alpha value is -1.59. The summed E-state index contributed by atoms with van der Waals surface area (Å²) >= 11 is 0. The van der Waals surface area contributed by atoms with Gasteiger partial charge >= 0.3 is 0 Å². The van der Waals surface area contributed by atoms with Gasteiger partial charge in [-0.1, -0.05) is 12.1 Å². The van der Waals surface area contributed by atoms with Crippen LogP contribution in [0.25, 0.3) is 0 Å². The third kappa shape index (κ3) is 3.45. The quantitative estimate of drug-likeness (QED) is 0.720. The summed E-state index contributed by atoms with van der Waals surface area (Å²) in [6.07, 6.45) is 1.30. The molecule has 19 heavy (non-hydrogen) atoms. The van der Waals surface area contributed by atoms with Crippen molar-refractivity contribution in [2.45, 2.75) is 18.9 Å². The van der Waals surface area contributed by atoms with Crippen LogP contribution in [0, 0.1) is 5.92 Å². The lowest BCUT2D eigenvalue weighted by atomic mass is 10.1. The van der Waals surface area contributed by atoms with Crippen molar-refractivity contribution in [2.24, 2.45) is 11.7 Å². The van der Waals surface area contributed by atoms with Crippen LogP contribution in [-0.2, 0) is 11.2 Å². The average molecular weight is 264 g/mol. The first-order valence-corrected chi connectivity index (χ1v) is 6.53. The van der Waals surface area contributed by atoms with E-state index in [0.29, 0.717) is 19.5 Å². The van der Waals surface area contributed by atoms with Crippen molar-refractivity contribution >= 4 is 5.91 Å². The van der Waals surface area contributed by atoms with Gasteiger partial charge in [-0.2, -0.15) is 0 Å². The number of hydrogen-bond acceptors (Lipinski definition) is 4. The zero-order valence-electron chi connectivity index (χ0n) is 10.8. The maximum absolute atomic E-state index is 12.1. The summed E-state index contributed by atoms with van der Waals surface area (Å²) in [5, 5.41) is 18.3. The van der Waals surface area contributed by atoms with E-state index >= 15 is 0 Å². The second kappa shape index (κ2) is 6.04. The highest BCUT2D eigenvalue weighted by Gasteiger charge is 2.28. The molecule has 0 aromatic heterocycles. The number of aliphatic hydroxyl groups is 1. The van der Waals surface area contributed by atoms with E-state index in [4.69, 9.17) is 10.8 Å². The molecule has 1 aromatic rings. The van der Waals surface area contributed by atoms with Crippen molar-refractivity contribution in [1.82, 2.24) is 4.90 Å². The third-order valence-corrected chi connectivity index (χ3v) is 3.56. The van der Waals surface area contributed by atoms with Crippen LogP contribution < -0.4 is 5.73 Å². The Morgan fingerprint density at radius 1 is 1.42 bits per heavy atom. The highest BCUT2D eigenvalue weighted by molar-refractivity contribution is 5.82. The molecule has 2 atom stereocenters. The fraction of sp³-hybridized carbons (Fsp3) is 0.500. The first-order chi connectivity index (χ1) is 9.10. The molecule has 1 aromatic carbocycles. The Balaban J connectivity index is 1.91. The minimum atomic E-state index is -0.568. The van der Waals surface area contributed by atoms with Crippen LogP contribution >= 0.6 is 0 Å². The Kier molecular flexibility index (Phi) is 4.39. The normalized spacial score (nSPS) is 20.5. The van der Waals surface area contributed by atoms with Crippen LogP contribution in [0.1, 0.15) is 12.0 Å². The zero-order chi connectivity index (χ0) is 13.8. The lowest BCUT2D eigenvalue weighted by Crippen LogP contribution is -2.44. The molecule has 104 valence electrons. The van der Waals surface area contributed by atoms with Gasteiger partial charge in [0, 0.05) is 25.6 Å². The number of aliphatic hydroxyl groups excluding tert-OH is 1. The highest BCUT2D eigenvalue weighted by atomic mass is 16.3. The van der Waals surface area contributed by atoms with Crippen LogP contribution in [0.5, 0.6) is 5.75 Å². The molecule has 0 spiro atoms. The van der Waals surface area contributed by atoms with Crippen LogP contribution in [0.4, 0.5) is 0 Å². The largest absolute Gasteiger partial charge is 0.508 e. The summed E-state index contributed by atoms with van der Waals surface area (Å²) in [7, 11) is 0. The molecule has 1 heterocycles. The third-order valence-electron chi connectivity index (χ3n) is 3.56. The predicted octanol–water partition coefficient (Wildman–Crippen LogP) is 0.103. The van der Waals surface area contributed by atoms with E-state index in [1.807, 2.05) is 0 Å². The van der Waals surface area contributed by atoms with E-state index in [9.17, 15) is 9.90 Å². The number of nitrogens with two attached hydrogens (primary N) is 1. The molecule has 2 rings (SSSR count). The van der Waals surface area contributed by atoms with Gasteiger partial charge in [0.15, 0.2) is 0 Å². The molecule has 0 radical (unpaired) electrons. The zero-order valence-corrected chi connectivity index (χ0v) is 10.8. The molecule has 5 heteroatoms. The number of amides is 1. The molecule has 0 bridgehead atoms. The van der Waals surface area contributed by atoms with Crippen molar-refractivity contribution in [2.75, 3.05) is 19.7 Å². The molecular weight excluding hydrogens is 244 g/mol. The minimum absolute atomic E-state index is 0.0657. The summed E-state index contributed by atoms with van der Waals surface area (Å²) in [5.41, 5.74) is 6.87. The summed E-state index contributed by atoms with van der Waals surface area (Å²) in [6, 6.07) is 6.14. The van der Waals surface area contributed by atoms with Crippen molar-refractivity contribution < 1.29 is 15.0 Å². The van der Waals surface area contributed by atoms with Gasteiger partial charge in [-0.15, -0.1) is 0 Å². The molecule has 1 unspecified atom stereocenters. The van der Waals surface area contributed by atoms with Crippen LogP contribution in [0.2, 0.25) is 0 Å². The molecule has 1 fully saturated rings. The predicted molar refractivity (Wildman–Crippen MR) is 71.6 cm³/mol. The Labute approximate surface area is 112 Å². The lowest BCUT2D eigenvalue weighted by molar-refractivity contribution is -0.131. The first kappa shape index (κ1) is 13.8. The van der Waals surface area contributed by atoms with E-state index in [-0.39, 0.29) is 24.2 Å². The van der Waals surface area contributed by atoms with Crippen molar-refractivity contribution in [1.29, 1.82) is 0 Å². The maximum Gasteiger partial charge on any atom is 0.239 e. The van der Waals surface area contributed by atoms with E-state index in [1.54, 1.807) is 29.2 Å². The van der Waals surface area contributed by atoms with E-state index in [0.717, 1.165) is 12.0 Å². The topological polar surface area (TPSA) is 86.8 Å². The standard InChI is InChI=1S/C14H20N2O3/c15-13(7-10-1-3-12(18)4-2-10)14(19)16-6-5-11(8-16)9-17/h1-4,11,13,17-18H,5-9,15H2/t11?,13-/m1/s1. The summed E-state index contributed by atoms with van der Waals surface area (Å²) in [4.78, 5) is 13.9. The van der Waals surface area contributed by atoms with Crippen LogP contribution in [-0.4, -0.2) is 46.8 Å². The van der Waals surface area contributed by atoms with Gasteiger partial charge in [-0.05, 0) is 30.5 Å². The second-order valence-electron chi connectivity index (χ2n) is 5.10. The maximum atomic E-state index is 12.1. The van der Waals surface area contributed by atoms with Gasteiger partial charge in [-0.3, -0.25) is 4.79 Å². The van der Waals surface area contributed by atoms with Crippen molar-refractivity contribution in [3.8, 4) is 5.75 Å². The summed E-state index contributed by atoms with van der Waals surface area (Å²) in [5.74, 6) is 0.322. The smallest absolute Gasteiger partial charge is 0.239 e. The van der Waals surface area contributed by atoms with E-state index in [1.165, 1.54) is 0 Å². The highest BCUT2D eigenvalue weighted by Crippen LogP contribution is 2.17. The number of phenolic OH excluding ortho intramolecular Hbond substituents is 1. The number of likely N-dealkylation sites (tertiary alicyclic amines) is 1. The van der Waals surface area contributed by atoms with Crippen molar-refractivity contribution in [3.05, 3.63) is 29.8 Å². The van der Waals surface area contributed by atoms with Gasteiger partial charge in [0.2, 0.25) is 5.91 Å². The SMILES string of the molecule is N[C@H](Cc1ccc(O)cc1)C(=O)N1CCC(CO)C1. The van der Waals surface area contributed by atoms with E-state index in [2.05, 4.69) is 0 Å². The molecular formula is C14H20N2O3.